The second-order valence-electron chi connectivity index (χ2n) is 7.49. The number of rotatable bonds is 9. The molecule has 0 radical (unpaired) electrons. The summed E-state index contributed by atoms with van der Waals surface area (Å²) in [4.78, 5) is 47.6. The van der Waals surface area contributed by atoms with Crippen molar-refractivity contribution in [3.8, 4) is 0 Å². The van der Waals surface area contributed by atoms with Crippen LogP contribution in [0.2, 0.25) is 0 Å². The highest BCUT2D eigenvalue weighted by molar-refractivity contribution is 8.01. The summed E-state index contributed by atoms with van der Waals surface area (Å²) >= 11 is 3.51. The van der Waals surface area contributed by atoms with E-state index in [4.69, 9.17) is 10.6 Å². The van der Waals surface area contributed by atoms with Gasteiger partial charge in [0.15, 0.2) is 5.13 Å². The van der Waals surface area contributed by atoms with E-state index in [0.717, 1.165) is 11.5 Å². The highest BCUT2D eigenvalue weighted by Gasteiger charge is 2.54. The van der Waals surface area contributed by atoms with Crippen LogP contribution in [-0.4, -0.2) is 93.1 Å². The summed E-state index contributed by atoms with van der Waals surface area (Å²) in [6, 6.07) is -0.920. The average molecular weight is 541 g/mol. The summed E-state index contributed by atoms with van der Waals surface area (Å²) in [5.41, 5.74) is 5.79. The first-order valence-corrected chi connectivity index (χ1v) is 12.9. The number of aromatic nitrogens is 6. The van der Waals surface area contributed by atoms with E-state index in [1.165, 1.54) is 35.5 Å². The third kappa shape index (κ3) is 4.80. The molecule has 18 heteroatoms. The van der Waals surface area contributed by atoms with Gasteiger partial charge in [0, 0.05) is 23.0 Å². The lowest BCUT2D eigenvalue weighted by Crippen LogP contribution is -2.71. The first-order chi connectivity index (χ1) is 16.7. The van der Waals surface area contributed by atoms with Crippen molar-refractivity contribution in [3.63, 3.8) is 0 Å². The Bertz CT molecular complexity index is 1220. The number of hydrogen-bond acceptors (Lipinski definition) is 14. The number of nitrogens with zero attached hydrogens (tertiary/aromatic N) is 8. The molecule has 2 aromatic rings. The van der Waals surface area contributed by atoms with Crippen LogP contribution in [0.25, 0.3) is 0 Å². The number of tetrazole rings is 1. The number of carbonyl (C=O) groups excluding carboxylic acids is 2. The third-order valence-electron chi connectivity index (χ3n) is 4.91. The topological polar surface area (TPSA) is 204 Å². The van der Waals surface area contributed by atoms with E-state index in [1.54, 1.807) is 4.68 Å². The number of amides is 2. The van der Waals surface area contributed by atoms with Crippen molar-refractivity contribution in [1.82, 2.24) is 39.8 Å². The Morgan fingerprint density at radius 2 is 2.20 bits per heavy atom. The van der Waals surface area contributed by atoms with Crippen molar-refractivity contribution in [3.05, 3.63) is 17.1 Å². The monoisotopic (exact) mass is 540 g/mol. The van der Waals surface area contributed by atoms with Crippen LogP contribution in [0.4, 0.5) is 5.13 Å². The number of nitrogens with one attached hydrogen (secondary N) is 1. The van der Waals surface area contributed by atoms with Gasteiger partial charge in [-0.2, -0.15) is 9.36 Å². The van der Waals surface area contributed by atoms with Crippen molar-refractivity contribution in [2.75, 3.05) is 24.3 Å². The van der Waals surface area contributed by atoms with Gasteiger partial charge in [-0.15, -0.1) is 16.9 Å². The predicted molar refractivity (Wildman–Crippen MR) is 126 cm³/mol. The molecule has 2 aromatic heterocycles. The van der Waals surface area contributed by atoms with Gasteiger partial charge in [0.2, 0.25) is 16.7 Å². The van der Waals surface area contributed by atoms with Gasteiger partial charge < -0.3 is 21.0 Å². The number of fused-ring (bicyclic) bond motifs is 1. The number of hydrogen-bond donors (Lipinski definition) is 3. The first kappa shape index (κ1) is 24.9. The molecule has 0 aliphatic carbocycles. The van der Waals surface area contributed by atoms with Gasteiger partial charge in [0.25, 0.3) is 11.8 Å². The van der Waals surface area contributed by atoms with Crippen LogP contribution in [0, 0.1) is 0 Å². The zero-order chi connectivity index (χ0) is 25.3. The second kappa shape index (κ2) is 10.2. The van der Waals surface area contributed by atoms with Crippen LogP contribution in [-0.2, 0) is 19.2 Å². The van der Waals surface area contributed by atoms with Crippen LogP contribution in [0.1, 0.15) is 25.7 Å². The van der Waals surface area contributed by atoms with Gasteiger partial charge in [-0.25, -0.2) is 9.48 Å². The van der Waals surface area contributed by atoms with E-state index in [0.29, 0.717) is 16.5 Å². The number of nitrogens with two attached hydrogens (primary N) is 1. The molecule has 0 aromatic carbocycles. The van der Waals surface area contributed by atoms with Gasteiger partial charge in [0.05, 0.1) is 6.04 Å². The molecular formula is C17H20N10O5S3. The Morgan fingerprint density at radius 3 is 2.83 bits per heavy atom. The van der Waals surface area contributed by atoms with E-state index < -0.39 is 29.2 Å². The summed E-state index contributed by atoms with van der Waals surface area (Å²) in [5.74, 6) is -1.92. The normalized spacial score (nSPS) is 20.1. The molecular weight excluding hydrogens is 520 g/mol. The molecule has 4 rings (SSSR count). The van der Waals surface area contributed by atoms with Gasteiger partial charge in [-0.1, -0.05) is 16.9 Å². The van der Waals surface area contributed by atoms with Crippen LogP contribution < -0.4 is 11.1 Å². The number of nitrogen functional groups attached to an aromatic ring is 1. The van der Waals surface area contributed by atoms with E-state index in [-0.39, 0.29) is 34.2 Å². The Balaban J connectivity index is 1.49. The average Bonchev–Trinajstić information content (AvgIpc) is 3.47. The zero-order valence-electron chi connectivity index (χ0n) is 18.6. The highest BCUT2D eigenvalue weighted by atomic mass is 32.2. The number of β-lactam (4-membered cyclic amide) rings is 1. The molecule has 2 aliphatic heterocycles. The molecule has 2 aliphatic rings. The quantitative estimate of drug-likeness (QED) is 0.160. The van der Waals surface area contributed by atoms with Crippen LogP contribution in [0.15, 0.2) is 21.6 Å². The lowest BCUT2D eigenvalue weighted by Gasteiger charge is -2.49. The smallest absolute Gasteiger partial charge is 0.352 e. The van der Waals surface area contributed by atoms with Crippen molar-refractivity contribution in [2.45, 2.75) is 36.5 Å². The predicted octanol–water partition coefficient (Wildman–Crippen LogP) is -0.431. The fourth-order valence-corrected chi connectivity index (χ4v) is 6.29. The number of thioether (sulfide) groups is 2. The Kier molecular flexibility index (Phi) is 7.22. The van der Waals surface area contributed by atoms with Gasteiger partial charge in [-0.05, 0) is 29.8 Å². The molecule has 0 spiro atoms. The summed E-state index contributed by atoms with van der Waals surface area (Å²) in [7, 11) is 1.25. The molecule has 0 saturated carbocycles. The maximum atomic E-state index is 12.9. The molecule has 15 nitrogen and oxygen atoms in total. The Morgan fingerprint density at radius 1 is 1.43 bits per heavy atom. The zero-order valence-corrected chi connectivity index (χ0v) is 21.1. The van der Waals surface area contributed by atoms with Gasteiger partial charge in [0.1, 0.15) is 24.2 Å². The number of aliphatic carboxylic acids is 1. The standard InChI is InChI=1S/C17H20N10O5S3/c1-6(2)27-17(21-24-25-27)34-5-7-4-33-14-9(13(29)26(14)10(7)15(30)31)19-12(28)8(22-32-3)11-20-16(18)35-23-11/h6,9,14H,4-5H2,1-3H3,(H,19,28)(H,30,31)(H2,18,20,23)/b22-8+/t9?,14-/m1/s1. The fraction of sp³-hybridized carbons (Fsp3) is 0.471. The minimum absolute atomic E-state index is 0.0364. The number of carboxylic acids is 1. The van der Waals surface area contributed by atoms with Crippen LogP contribution in [0.5, 0.6) is 0 Å². The fourth-order valence-electron chi connectivity index (χ4n) is 3.37. The van der Waals surface area contributed by atoms with Crippen molar-refractivity contribution in [2.24, 2.45) is 5.16 Å². The summed E-state index contributed by atoms with van der Waals surface area (Å²) in [6.45, 7) is 3.86. The molecule has 4 heterocycles. The molecule has 1 fully saturated rings. The van der Waals surface area contributed by atoms with Crippen molar-refractivity contribution < 1.29 is 24.3 Å². The number of carboxylic acid groups (broad SMARTS) is 1. The highest BCUT2D eigenvalue weighted by Crippen LogP contribution is 2.41. The largest absolute Gasteiger partial charge is 0.477 e. The van der Waals surface area contributed by atoms with Gasteiger partial charge in [-0.3, -0.25) is 14.5 Å². The molecule has 2 atom stereocenters. The van der Waals surface area contributed by atoms with Crippen molar-refractivity contribution in [1.29, 1.82) is 0 Å². The number of oxime groups is 1. The minimum atomic E-state index is -1.23. The first-order valence-electron chi connectivity index (χ1n) is 10.0. The van der Waals surface area contributed by atoms with E-state index in [9.17, 15) is 19.5 Å². The van der Waals surface area contributed by atoms with Crippen molar-refractivity contribution >= 4 is 63.7 Å². The lowest BCUT2D eigenvalue weighted by molar-refractivity contribution is -0.150. The SMILES string of the molecule is CO/N=C(/C(=O)NC1C(=O)N2C(C(=O)O)=C(CSc3nnnn3C(C)C)CS[C@H]12)c1nsc(N)n1. The molecule has 35 heavy (non-hydrogen) atoms. The second-order valence-corrected chi connectivity index (χ2v) is 10.3. The molecule has 1 unspecified atom stereocenters. The molecule has 1 saturated heterocycles. The molecule has 0 bridgehead atoms. The Hall–Kier alpha value is -3.25. The van der Waals surface area contributed by atoms with E-state index >= 15 is 0 Å². The summed E-state index contributed by atoms with van der Waals surface area (Å²) in [6.07, 6.45) is 0. The van der Waals surface area contributed by atoms with Crippen LogP contribution in [0.3, 0.4) is 0 Å². The third-order valence-corrected chi connectivity index (χ3v) is 7.82. The van der Waals surface area contributed by atoms with Crippen LogP contribution >= 0.6 is 35.1 Å². The van der Waals surface area contributed by atoms with Gasteiger partial charge >= 0.3 is 5.97 Å². The molecule has 2 amide bonds. The summed E-state index contributed by atoms with van der Waals surface area (Å²) < 4.78 is 5.57. The maximum Gasteiger partial charge on any atom is 0.352 e. The number of carbonyl (C=O) groups is 3. The lowest BCUT2D eigenvalue weighted by atomic mass is 10.0. The molecule has 186 valence electrons. The maximum absolute atomic E-state index is 12.9. The van der Waals surface area contributed by atoms with E-state index in [2.05, 4.69) is 35.4 Å². The number of anilines is 1. The Labute approximate surface area is 210 Å². The summed E-state index contributed by atoms with van der Waals surface area (Å²) in [5, 5.41) is 27.7. The van der Waals surface area contributed by atoms with E-state index in [1.807, 2.05) is 13.8 Å². The minimum Gasteiger partial charge on any atom is -0.477 e. The molecule has 4 N–H and O–H groups in total.